The molecule has 1 amide bonds. The minimum absolute atomic E-state index is 0.0755. The quantitative estimate of drug-likeness (QED) is 0.198. The van der Waals surface area contributed by atoms with Gasteiger partial charge in [0.1, 0.15) is 0 Å². The first-order valence-corrected chi connectivity index (χ1v) is 10.3. The minimum atomic E-state index is -0.205. The van der Waals surface area contributed by atoms with Gasteiger partial charge in [-0.25, -0.2) is 5.21 Å². The molecule has 3 aromatic carbocycles. The Balaban J connectivity index is 1.73. The molecule has 0 spiro atoms. The second kappa shape index (κ2) is 10.5. The number of halogens is 1. The van der Waals surface area contributed by atoms with Crippen molar-refractivity contribution in [1.29, 1.82) is 0 Å². The van der Waals surface area contributed by atoms with E-state index in [4.69, 9.17) is 11.6 Å². The molecule has 31 heavy (non-hydrogen) atoms. The zero-order valence-electron chi connectivity index (χ0n) is 16.4. The van der Waals surface area contributed by atoms with E-state index in [0.717, 1.165) is 5.56 Å². The summed E-state index contributed by atoms with van der Waals surface area (Å²) < 4.78 is 3.12. The molecule has 4 N–H and O–H groups in total. The van der Waals surface area contributed by atoms with Crippen molar-refractivity contribution in [2.75, 3.05) is 15.5 Å². The SMILES string of the molecule is CC(=O)Nc1ccc(/C=N/Nc2ccc([N+](=O)O)cc2SNc2ccccc2Cl)cc1. The second-order valence-electron chi connectivity index (χ2n) is 6.31. The molecule has 0 aliphatic heterocycles. The fraction of sp³-hybridized carbons (Fsp3) is 0.0476. The first kappa shape index (κ1) is 22.1. The van der Waals surface area contributed by atoms with Crippen LogP contribution in [0.4, 0.5) is 22.7 Å². The van der Waals surface area contributed by atoms with Crippen molar-refractivity contribution in [3.63, 3.8) is 0 Å². The largest absolute Gasteiger partial charge is 0.326 e. The number of rotatable bonds is 8. The first-order chi connectivity index (χ1) is 14.9. The molecule has 0 radical (unpaired) electrons. The maximum Gasteiger partial charge on any atom is 0.317 e. The molecule has 0 heterocycles. The van der Waals surface area contributed by atoms with Crippen LogP contribution in [0.1, 0.15) is 12.5 Å². The first-order valence-electron chi connectivity index (χ1n) is 9.06. The van der Waals surface area contributed by atoms with Crippen molar-refractivity contribution in [1.82, 2.24) is 0 Å². The molecule has 3 rings (SSSR count). The number of hydrogen-bond donors (Lipinski definition) is 4. The molecule has 0 aliphatic carbocycles. The monoisotopic (exact) mass is 456 g/mol. The van der Waals surface area contributed by atoms with Gasteiger partial charge in [0, 0.05) is 24.7 Å². The van der Waals surface area contributed by atoms with Crippen LogP contribution in [0, 0.1) is 4.91 Å². The van der Waals surface area contributed by atoms with Gasteiger partial charge < -0.3 is 10.0 Å². The lowest BCUT2D eigenvalue weighted by Gasteiger charge is -2.10. The molecule has 0 aromatic heterocycles. The van der Waals surface area contributed by atoms with E-state index < -0.39 is 0 Å². The summed E-state index contributed by atoms with van der Waals surface area (Å²) in [5, 5.41) is 16.7. The number of nitrogens with zero attached hydrogens (tertiary/aromatic N) is 2. The molecule has 3 aromatic rings. The Hall–Kier alpha value is -3.56. The molecule has 0 saturated carbocycles. The number of hydrogen-bond acceptors (Lipinski definition) is 6. The Morgan fingerprint density at radius 3 is 2.52 bits per heavy atom. The number of amides is 1. The third-order valence-electron chi connectivity index (χ3n) is 3.96. The molecule has 8 nitrogen and oxygen atoms in total. The van der Waals surface area contributed by atoms with E-state index in [-0.39, 0.29) is 16.5 Å². The lowest BCUT2D eigenvalue weighted by Crippen LogP contribution is -2.05. The molecule has 158 valence electrons. The predicted octanol–water partition coefficient (Wildman–Crippen LogP) is 5.66. The van der Waals surface area contributed by atoms with Gasteiger partial charge in [0.25, 0.3) is 4.92 Å². The number of benzene rings is 3. The van der Waals surface area contributed by atoms with Crippen molar-refractivity contribution >= 4 is 58.4 Å². The highest BCUT2D eigenvalue weighted by Gasteiger charge is 2.15. The average molecular weight is 457 g/mol. The van der Waals surface area contributed by atoms with Gasteiger partial charge in [0.05, 0.1) is 32.4 Å². The van der Waals surface area contributed by atoms with E-state index >= 15 is 0 Å². The maximum absolute atomic E-state index is 11.3. The van der Waals surface area contributed by atoms with Gasteiger partial charge in [0.2, 0.25) is 5.91 Å². The summed E-state index contributed by atoms with van der Waals surface area (Å²) in [6.45, 7) is 1.45. The van der Waals surface area contributed by atoms with E-state index in [0.29, 0.717) is 27.0 Å². The molecule has 10 heteroatoms. The Morgan fingerprint density at radius 1 is 1.10 bits per heavy atom. The molecule has 0 atom stereocenters. The Kier molecular flexibility index (Phi) is 7.47. The third kappa shape index (κ3) is 6.46. The lowest BCUT2D eigenvalue weighted by molar-refractivity contribution is -0.729. The maximum atomic E-state index is 11.3. The topological polar surface area (TPSA) is 106 Å². The van der Waals surface area contributed by atoms with E-state index in [9.17, 15) is 14.9 Å². The van der Waals surface area contributed by atoms with Crippen molar-refractivity contribution in [3.8, 4) is 0 Å². The standard InChI is InChI=1S/C21H18ClN5O3S/c1-14(28)24-16-8-6-15(7-9-16)13-23-25-20-11-10-17(27(29)30)12-21(20)31-26-19-5-3-2-4-18(19)22/h2-13,25-26H,1H3,(H-,23,24,28,29,30)/p+1. The number of anilines is 3. The van der Waals surface area contributed by atoms with Gasteiger partial charge in [-0.3, -0.25) is 10.2 Å². The summed E-state index contributed by atoms with van der Waals surface area (Å²) in [7, 11) is 0. The molecule has 0 bridgehead atoms. The summed E-state index contributed by atoms with van der Waals surface area (Å²) >= 11 is 7.38. The second-order valence-corrected chi connectivity index (χ2v) is 7.57. The van der Waals surface area contributed by atoms with Gasteiger partial charge in [-0.05, 0) is 47.8 Å². The van der Waals surface area contributed by atoms with E-state index in [2.05, 4.69) is 20.6 Å². The van der Waals surface area contributed by atoms with Crippen molar-refractivity contribution in [3.05, 3.63) is 82.2 Å². The van der Waals surface area contributed by atoms with Crippen LogP contribution >= 0.6 is 23.5 Å². The molecule has 0 unspecified atom stereocenters. The fourth-order valence-corrected chi connectivity index (χ4v) is 3.53. The zero-order valence-corrected chi connectivity index (χ0v) is 17.9. The van der Waals surface area contributed by atoms with E-state index in [1.807, 2.05) is 30.3 Å². The van der Waals surface area contributed by atoms with Crippen LogP contribution in [0.25, 0.3) is 0 Å². The molecular formula is C21H19ClN5O3S+. The minimum Gasteiger partial charge on any atom is -0.326 e. The van der Waals surface area contributed by atoms with Crippen LogP contribution in [0.5, 0.6) is 0 Å². The summed E-state index contributed by atoms with van der Waals surface area (Å²) in [6.07, 6.45) is 1.62. The highest BCUT2D eigenvalue weighted by atomic mass is 35.5. The van der Waals surface area contributed by atoms with Crippen molar-refractivity contribution < 1.29 is 14.9 Å². The number of carbonyl (C=O) groups is 1. The predicted molar refractivity (Wildman–Crippen MR) is 124 cm³/mol. The van der Waals surface area contributed by atoms with Gasteiger partial charge in [-0.1, -0.05) is 35.9 Å². The smallest absolute Gasteiger partial charge is 0.317 e. The van der Waals surface area contributed by atoms with Crippen LogP contribution < -0.4 is 15.5 Å². The van der Waals surface area contributed by atoms with Crippen LogP contribution in [0.15, 0.2) is 76.7 Å². The van der Waals surface area contributed by atoms with Crippen LogP contribution in [-0.2, 0) is 4.79 Å². The number of nitrogens with one attached hydrogen (secondary N) is 3. The van der Waals surface area contributed by atoms with E-state index in [1.54, 1.807) is 30.5 Å². The van der Waals surface area contributed by atoms with Crippen molar-refractivity contribution in [2.45, 2.75) is 11.8 Å². The van der Waals surface area contributed by atoms with Crippen LogP contribution in [0.3, 0.4) is 0 Å². The summed E-state index contributed by atoms with van der Waals surface area (Å²) in [6, 6.07) is 19.0. The fourth-order valence-electron chi connectivity index (χ4n) is 2.49. The van der Waals surface area contributed by atoms with Gasteiger partial charge in [-0.15, -0.1) is 0 Å². The molecule has 0 fully saturated rings. The number of para-hydroxylation sites is 1. The highest BCUT2D eigenvalue weighted by Crippen LogP contribution is 2.33. The average Bonchev–Trinajstić information content (AvgIpc) is 2.74. The van der Waals surface area contributed by atoms with Gasteiger partial charge in [-0.2, -0.15) is 5.10 Å². The third-order valence-corrected chi connectivity index (χ3v) is 5.17. The van der Waals surface area contributed by atoms with Crippen LogP contribution in [0.2, 0.25) is 5.02 Å². The van der Waals surface area contributed by atoms with Gasteiger partial charge >= 0.3 is 5.69 Å². The summed E-state index contributed by atoms with van der Waals surface area (Å²) in [4.78, 5) is 22.8. The van der Waals surface area contributed by atoms with E-state index in [1.165, 1.54) is 31.0 Å². The normalized spacial score (nSPS) is 10.6. The number of hydrazone groups is 1. The molecule has 0 saturated heterocycles. The van der Waals surface area contributed by atoms with Crippen LogP contribution in [-0.4, -0.2) is 22.3 Å². The lowest BCUT2D eigenvalue weighted by atomic mass is 10.2. The Labute approximate surface area is 188 Å². The molecule has 0 aliphatic rings. The van der Waals surface area contributed by atoms with Crippen molar-refractivity contribution in [2.24, 2.45) is 5.10 Å². The molecular weight excluding hydrogens is 438 g/mol. The summed E-state index contributed by atoms with van der Waals surface area (Å²) in [5.41, 5.74) is 5.84. The Bertz CT molecular complexity index is 1120. The summed E-state index contributed by atoms with van der Waals surface area (Å²) in [5.74, 6) is -0.138. The zero-order chi connectivity index (χ0) is 22.2. The number of carbonyl (C=O) groups excluding carboxylic acids is 1. The highest BCUT2D eigenvalue weighted by molar-refractivity contribution is 8.00. The van der Waals surface area contributed by atoms with Gasteiger partial charge in [0.15, 0.2) is 0 Å². The Morgan fingerprint density at radius 2 is 1.84 bits per heavy atom.